The summed E-state index contributed by atoms with van der Waals surface area (Å²) in [7, 11) is 0. The number of halogens is 1. The summed E-state index contributed by atoms with van der Waals surface area (Å²) in [6, 6.07) is 9.74. The number of nitrogens with zero attached hydrogens (tertiary/aromatic N) is 2. The van der Waals surface area contributed by atoms with Crippen LogP contribution < -0.4 is 9.64 Å². The number of hydrogen-bond donors (Lipinski definition) is 0. The highest BCUT2D eigenvalue weighted by atomic mass is 19.1. The molecule has 1 unspecified atom stereocenters. The monoisotopic (exact) mass is 316 g/mol. The normalized spacial score (nSPS) is 16.7. The number of benzene rings is 2. The molecule has 0 bridgehead atoms. The first-order valence-corrected chi connectivity index (χ1v) is 7.38. The van der Waals surface area contributed by atoms with Gasteiger partial charge in [0, 0.05) is 12.1 Å². The van der Waals surface area contributed by atoms with Crippen molar-refractivity contribution in [2.75, 3.05) is 11.5 Å². The second-order valence-electron chi connectivity index (χ2n) is 5.78. The first-order chi connectivity index (χ1) is 11.0. The lowest BCUT2D eigenvalue weighted by Gasteiger charge is -2.37. The van der Waals surface area contributed by atoms with Gasteiger partial charge >= 0.3 is 0 Å². The molecule has 1 aliphatic rings. The number of nitro benzene ring substituents is 1. The van der Waals surface area contributed by atoms with E-state index in [0.717, 1.165) is 11.3 Å². The van der Waals surface area contributed by atoms with Crippen molar-refractivity contribution in [1.82, 2.24) is 0 Å². The lowest BCUT2D eigenvalue weighted by molar-refractivity contribution is -0.385. The molecule has 1 heterocycles. The third-order valence-corrected chi connectivity index (χ3v) is 4.06. The van der Waals surface area contributed by atoms with Gasteiger partial charge in [-0.1, -0.05) is 12.1 Å². The van der Waals surface area contributed by atoms with Gasteiger partial charge in [0.2, 0.25) is 0 Å². The number of hydrogen-bond acceptors (Lipinski definition) is 4. The van der Waals surface area contributed by atoms with E-state index in [1.807, 2.05) is 6.92 Å². The molecule has 0 fully saturated rings. The largest absolute Gasteiger partial charge is 0.489 e. The Bertz CT molecular complexity index is 746. The number of rotatable bonds is 3. The van der Waals surface area contributed by atoms with Crippen molar-refractivity contribution in [3.8, 4) is 5.75 Å². The van der Waals surface area contributed by atoms with Crippen LogP contribution in [0, 0.1) is 22.9 Å². The standard InChI is InChI=1S/C17H17FN2O3/c1-11-7-16-17(8-15(11)20(21)22)23-10-12(2)19(16)9-13-3-5-14(18)6-4-13/h3-8,12H,9-10H2,1-2H3. The van der Waals surface area contributed by atoms with Gasteiger partial charge in [-0.3, -0.25) is 10.1 Å². The average molecular weight is 316 g/mol. The molecular formula is C17H17FN2O3. The van der Waals surface area contributed by atoms with Crippen molar-refractivity contribution in [2.24, 2.45) is 0 Å². The lowest BCUT2D eigenvalue weighted by atomic mass is 10.1. The molecule has 23 heavy (non-hydrogen) atoms. The Morgan fingerprint density at radius 3 is 2.70 bits per heavy atom. The van der Waals surface area contributed by atoms with Crippen LogP contribution in [-0.2, 0) is 6.54 Å². The average Bonchev–Trinajstić information content (AvgIpc) is 2.51. The molecule has 120 valence electrons. The molecule has 2 aromatic carbocycles. The molecule has 3 rings (SSSR count). The molecule has 0 aromatic heterocycles. The Balaban J connectivity index is 1.97. The molecule has 0 radical (unpaired) electrons. The summed E-state index contributed by atoms with van der Waals surface area (Å²) in [5, 5.41) is 11.1. The topological polar surface area (TPSA) is 55.6 Å². The van der Waals surface area contributed by atoms with Crippen LogP contribution in [0.2, 0.25) is 0 Å². The zero-order chi connectivity index (χ0) is 16.6. The SMILES string of the molecule is Cc1cc2c(cc1[N+](=O)[O-])OCC(C)N2Cc1ccc(F)cc1. The third-order valence-electron chi connectivity index (χ3n) is 4.06. The van der Waals surface area contributed by atoms with Crippen LogP contribution in [0.25, 0.3) is 0 Å². The Labute approximate surface area is 133 Å². The van der Waals surface area contributed by atoms with Crippen LogP contribution in [0.1, 0.15) is 18.1 Å². The number of anilines is 1. The number of fused-ring (bicyclic) bond motifs is 1. The predicted molar refractivity (Wildman–Crippen MR) is 85.4 cm³/mol. The van der Waals surface area contributed by atoms with E-state index >= 15 is 0 Å². The second-order valence-corrected chi connectivity index (χ2v) is 5.78. The number of aryl methyl sites for hydroxylation is 1. The first-order valence-electron chi connectivity index (χ1n) is 7.38. The fraction of sp³-hybridized carbons (Fsp3) is 0.294. The van der Waals surface area contributed by atoms with Crippen LogP contribution in [0.3, 0.4) is 0 Å². The molecule has 0 saturated carbocycles. The maximum Gasteiger partial charge on any atom is 0.276 e. The van der Waals surface area contributed by atoms with Gasteiger partial charge in [0.15, 0.2) is 0 Å². The van der Waals surface area contributed by atoms with Crippen molar-refractivity contribution in [1.29, 1.82) is 0 Å². The molecule has 2 aromatic rings. The van der Waals surface area contributed by atoms with Crippen LogP contribution in [0.4, 0.5) is 15.8 Å². The van der Waals surface area contributed by atoms with Crippen molar-refractivity contribution in [2.45, 2.75) is 26.4 Å². The van der Waals surface area contributed by atoms with Gasteiger partial charge in [0.1, 0.15) is 18.2 Å². The molecule has 6 heteroatoms. The van der Waals surface area contributed by atoms with E-state index in [1.165, 1.54) is 18.2 Å². The molecule has 0 saturated heterocycles. The zero-order valence-electron chi connectivity index (χ0n) is 13.0. The minimum atomic E-state index is -0.401. The fourth-order valence-corrected chi connectivity index (χ4v) is 2.76. The zero-order valence-corrected chi connectivity index (χ0v) is 13.0. The van der Waals surface area contributed by atoms with Crippen molar-refractivity contribution < 1.29 is 14.1 Å². The van der Waals surface area contributed by atoms with Gasteiger partial charge in [0.05, 0.1) is 22.7 Å². The van der Waals surface area contributed by atoms with E-state index < -0.39 is 4.92 Å². The highest BCUT2D eigenvalue weighted by Gasteiger charge is 2.27. The van der Waals surface area contributed by atoms with Gasteiger partial charge in [-0.05, 0) is 37.6 Å². The predicted octanol–water partition coefficient (Wildman–Crippen LogP) is 3.83. The maximum absolute atomic E-state index is 13.1. The van der Waals surface area contributed by atoms with Crippen LogP contribution in [0.15, 0.2) is 36.4 Å². The summed E-state index contributed by atoms with van der Waals surface area (Å²) in [6.45, 7) is 4.79. The summed E-state index contributed by atoms with van der Waals surface area (Å²) in [4.78, 5) is 12.8. The quantitative estimate of drug-likeness (QED) is 0.638. The summed E-state index contributed by atoms with van der Waals surface area (Å²) in [6.07, 6.45) is 0. The minimum absolute atomic E-state index is 0.0556. The Kier molecular flexibility index (Phi) is 3.90. The van der Waals surface area contributed by atoms with Crippen LogP contribution in [-0.4, -0.2) is 17.6 Å². The van der Waals surface area contributed by atoms with E-state index in [4.69, 9.17) is 4.74 Å². The Hall–Kier alpha value is -2.63. The van der Waals surface area contributed by atoms with Gasteiger partial charge in [-0.2, -0.15) is 0 Å². The van der Waals surface area contributed by atoms with Crippen molar-refractivity contribution >= 4 is 11.4 Å². The van der Waals surface area contributed by atoms with E-state index in [2.05, 4.69) is 4.90 Å². The molecule has 0 spiro atoms. The molecule has 0 amide bonds. The van der Waals surface area contributed by atoms with Gasteiger partial charge in [-0.15, -0.1) is 0 Å². The molecule has 1 atom stereocenters. The van der Waals surface area contributed by atoms with Gasteiger partial charge < -0.3 is 9.64 Å². The minimum Gasteiger partial charge on any atom is -0.489 e. The maximum atomic E-state index is 13.1. The van der Waals surface area contributed by atoms with Crippen LogP contribution >= 0.6 is 0 Å². The van der Waals surface area contributed by atoms with E-state index in [9.17, 15) is 14.5 Å². The fourth-order valence-electron chi connectivity index (χ4n) is 2.76. The molecule has 1 aliphatic heterocycles. The third kappa shape index (κ3) is 2.97. The Morgan fingerprint density at radius 1 is 1.35 bits per heavy atom. The summed E-state index contributed by atoms with van der Waals surface area (Å²) < 4.78 is 18.7. The molecule has 5 nitrogen and oxygen atoms in total. The first kappa shape index (κ1) is 15.3. The summed E-state index contributed by atoms with van der Waals surface area (Å²) >= 11 is 0. The van der Waals surface area contributed by atoms with E-state index in [-0.39, 0.29) is 17.5 Å². The van der Waals surface area contributed by atoms with Gasteiger partial charge in [0.25, 0.3) is 5.69 Å². The molecule has 0 aliphatic carbocycles. The number of ether oxygens (including phenoxy) is 1. The van der Waals surface area contributed by atoms with E-state index in [1.54, 1.807) is 25.1 Å². The highest BCUT2D eigenvalue weighted by Crippen LogP contribution is 2.39. The van der Waals surface area contributed by atoms with Crippen LogP contribution in [0.5, 0.6) is 5.75 Å². The van der Waals surface area contributed by atoms with E-state index in [0.29, 0.717) is 24.5 Å². The van der Waals surface area contributed by atoms with Gasteiger partial charge in [-0.25, -0.2) is 4.39 Å². The smallest absolute Gasteiger partial charge is 0.276 e. The number of nitro groups is 1. The van der Waals surface area contributed by atoms with Crippen molar-refractivity contribution in [3.05, 3.63) is 63.5 Å². The molecule has 0 N–H and O–H groups in total. The highest BCUT2D eigenvalue weighted by molar-refractivity contribution is 5.67. The lowest BCUT2D eigenvalue weighted by Crippen LogP contribution is -2.40. The second kappa shape index (κ2) is 5.87. The Morgan fingerprint density at radius 2 is 2.04 bits per heavy atom. The summed E-state index contributed by atoms with van der Waals surface area (Å²) in [5.41, 5.74) is 2.45. The van der Waals surface area contributed by atoms with Crippen molar-refractivity contribution in [3.63, 3.8) is 0 Å². The molecular weight excluding hydrogens is 299 g/mol. The summed E-state index contributed by atoms with van der Waals surface area (Å²) in [5.74, 6) is 0.248.